The van der Waals surface area contributed by atoms with Crippen molar-refractivity contribution >= 4 is 28.8 Å². The predicted molar refractivity (Wildman–Crippen MR) is 78.6 cm³/mol. The van der Waals surface area contributed by atoms with Crippen LogP contribution < -0.4 is 10.5 Å². The lowest BCUT2D eigenvalue weighted by atomic mass is 10.2. The molecular formula is C14H11ClFNOS. The van der Waals surface area contributed by atoms with Gasteiger partial charge >= 0.3 is 0 Å². The number of hydrogen-bond donors (Lipinski definition) is 1. The summed E-state index contributed by atoms with van der Waals surface area (Å²) >= 11 is 10.8. The summed E-state index contributed by atoms with van der Waals surface area (Å²) in [6.45, 7) is 1.88. The molecule has 0 atom stereocenters. The highest BCUT2D eigenvalue weighted by Gasteiger charge is 2.10. The molecule has 0 radical (unpaired) electrons. The van der Waals surface area contributed by atoms with Gasteiger partial charge in [0.1, 0.15) is 22.3 Å². The quantitative estimate of drug-likeness (QED) is 0.861. The lowest BCUT2D eigenvalue weighted by Gasteiger charge is -2.12. The molecule has 2 rings (SSSR count). The minimum absolute atomic E-state index is 0.0779. The van der Waals surface area contributed by atoms with E-state index in [9.17, 15) is 4.39 Å². The first kappa shape index (κ1) is 13.8. The van der Waals surface area contributed by atoms with E-state index in [-0.39, 0.29) is 4.99 Å². The monoisotopic (exact) mass is 295 g/mol. The van der Waals surface area contributed by atoms with Crippen molar-refractivity contribution in [3.63, 3.8) is 0 Å². The van der Waals surface area contributed by atoms with Crippen LogP contribution in [0.25, 0.3) is 0 Å². The molecule has 0 spiro atoms. The normalized spacial score (nSPS) is 10.3. The molecule has 0 aliphatic rings. The summed E-state index contributed by atoms with van der Waals surface area (Å²) < 4.78 is 18.9. The topological polar surface area (TPSA) is 35.2 Å². The second-order valence-electron chi connectivity index (χ2n) is 4.02. The van der Waals surface area contributed by atoms with E-state index in [0.717, 1.165) is 5.56 Å². The van der Waals surface area contributed by atoms with Gasteiger partial charge in [0, 0.05) is 5.02 Å². The summed E-state index contributed by atoms with van der Waals surface area (Å²) in [5.74, 6) is 0.564. The molecule has 0 saturated carbocycles. The SMILES string of the molecule is Cc1ccc(Cl)cc1Oc1ccc(F)cc1C(N)=S. The molecule has 2 nitrogen and oxygen atoms in total. The fraction of sp³-hybridized carbons (Fsp3) is 0.0714. The van der Waals surface area contributed by atoms with Crippen LogP contribution in [0.3, 0.4) is 0 Å². The van der Waals surface area contributed by atoms with Gasteiger partial charge in [-0.2, -0.15) is 0 Å². The number of aryl methyl sites for hydroxylation is 1. The van der Waals surface area contributed by atoms with E-state index in [1.165, 1.54) is 18.2 Å². The number of nitrogens with two attached hydrogens (primary N) is 1. The standard InChI is InChI=1S/C14H11ClFNOS/c1-8-2-3-9(15)6-13(8)18-12-5-4-10(16)7-11(12)14(17)19/h2-7H,1H3,(H2,17,19). The maximum Gasteiger partial charge on any atom is 0.137 e. The second kappa shape index (κ2) is 5.55. The molecule has 19 heavy (non-hydrogen) atoms. The smallest absolute Gasteiger partial charge is 0.137 e. The first-order valence-electron chi connectivity index (χ1n) is 5.51. The van der Waals surface area contributed by atoms with Crippen LogP contribution in [0.2, 0.25) is 5.02 Å². The molecule has 5 heteroatoms. The third-order valence-electron chi connectivity index (χ3n) is 2.58. The molecule has 2 aromatic carbocycles. The minimum atomic E-state index is -0.419. The zero-order chi connectivity index (χ0) is 14.0. The van der Waals surface area contributed by atoms with Gasteiger partial charge in [-0.3, -0.25) is 0 Å². The fourth-order valence-corrected chi connectivity index (χ4v) is 1.91. The number of ether oxygens (including phenoxy) is 1. The number of rotatable bonds is 3. The number of thiocarbonyl (C=S) groups is 1. The van der Waals surface area contributed by atoms with Crippen molar-refractivity contribution in [1.82, 2.24) is 0 Å². The van der Waals surface area contributed by atoms with Crippen LogP contribution in [-0.4, -0.2) is 4.99 Å². The van der Waals surface area contributed by atoms with Crippen LogP contribution in [0.1, 0.15) is 11.1 Å². The Kier molecular flexibility index (Phi) is 4.02. The van der Waals surface area contributed by atoms with E-state index < -0.39 is 5.82 Å². The molecule has 0 aliphatic carbocycles. The second-order valence-corrected chi connectivity index (χ2v) is 4.89. The predicted octanol–water partition coefficient (Wildman–Crippen LogP) is 4.21. The molecule has 0 saturated heterocycles. The van der Waals surface area contributed by atoms with Gasteiger partial charge in [0.15, 0.2) is 0 Å². The van der Waals surface area contributed by atoms with Crippen molar-refractivity contribution in [3.05, 3.63) is 58.4 Å². The molecule has 2 N–H and O–H groups in total. The van der Waals surface area contributed by atoms with E-state index in [1.54, 1.807) is 12.1 Å². The Hall–Kier alpha value is -1.65. The van der Waals surface area contributed by atoms with Gasteiger partial charge in [0.2, 0.25) is 0 Å². The summed E-state index contributed by atoms with van der Waals surface area (Å²) in [5, 5.41) is 0.555. The van der Waals surface area contributed by atoms with Gasteiger partial charge in [-0.25, -0.2) is 4.39 Å². The highest BCUT2D eigenvalue weighted by Crippen LogP contribution is 2.30. The molecule has 0 amide bonds. The average Bonchev–Trinajstić information content (AvgIpc) is 2.35. The molecule has 0 aliphatic heterocycles. The summed E-state index contributed by atoms with van der Waals surface area (Å²) in [7, 11) is 0. The third kappa shape index (κ3) is 3.22. The molecule has 98 valence electrons. The van der Waals surface area contributed by atoms with E-state index in [4.69, 9.17) is 34.3 Å². The van der Waals surface area contributed by atoms with Crippen molar-refractivity contribution < 1.29 is 9.13 Å². The highest BCUT2D eigenvalue weighted by molar-refractivity contribution is 7.80. The lowest BCUT2D eigenvalue weighted by Crippen LogP contribution is -2.11. The van der Waals surface area contributed by atoms with Crippen LogP contribution in [0.4, 0.5) is 4.39 Å². The molecule has 0 fully saturated rings. The van der Waals surface area contributed by atoms with Crippen molar-refractivity contribution in [2.75, 3.05) is 0 Å². The van der Waals surface area contributed by atoms with Crippen LogP contribution in [-0.2, 0) is 0 Å². The van der Waals surface area contributed by atoms with Crippen LogP contribution >= 0.6 is 23.8 Å². The van der Waals surface area contributed by atoms with Crippen LogP contribution in [0.15, 0.2) is 36.4 Å². The maximum absolute atomic E-state index is 13.2. The Morgan fingerprint density at radius 1 is 1.21 bits per heavy atom. The summed E-state index contributed by atoms with van der Waals surface area (Å²) in [4.78, 5) is 0.0779. The number of benzene rings is 2. The average molecular weight is 296 g/mol. The van der Waals surface area contributed by atoms with Crippen molar-refractivity contribution in [1.29, 1.82) is 0 Å². The molecule has 0 heterocycles. The Balaban J connectivity index is 2.43. The Bertz CT molecular complexity index is 645. The van der Waals surface area contributed by atoms with E-state index >= 15 is 0 Å². The van der Waals surface area contributed by atoms with Gasteiger partial charge in [-0.15, -0.1) is 0 Å². The van der Waals surface area contributed by atoms with Gasteiger partial charge < -0.3 is 10.5 Å². The maximum atomic E-state index is 13.2. The van der Waals surface area contributed by atoms with Crippen LogP contribution in [0, 0.1) is 12.7 Å². The van der Waals surface area contributed by atoms with E-state index in [2.05, 4.69) is 0 Å². The van der Waals surface area contributed by atoms with Gasteiger partial charge in [0.05, 0.1) is 5.56 Å². The largest absolute Gasteiger partial charge is 0.456 e. The fourth-order valence-electron chi connectivity index (χ4n) is 1.59. The minimum Gasteiger partial charge on any atom is -0.456 e. The summed E-state index contributed by atoms with van der Waals surface area (Å²) in [5.41, 5.74) is 6.82. The van der Waals surface area contributed by atoms with E-state index in [0.29, 0.717) is 22.1 Å². The highest BCUT2D eigenvalue weighted by atomic mass is 35.5. The lowest BCUT2D eigenvalue weighted by molar-refractivity contribution is 0.476. The molecular weight excluding hydrogens is 285 g/mol. The van der Waals surface area contributed by atoms with Gasteiger partial charge in [-0.05, 0) is 42.8 Å². The van der Waals surface area contributed by atoms with Crippen molar-refractivity contribution in [2.24, 2.45) is 5.73 Å². The molecule has 0 unspecified atom stereocenters. The Morgan fingerprint density at radius 2 is 1.95 bits per heavy atom. The van der Waals surface area contributed by atoms with Crippen LogP contribution in [0.5, 0.6) is 11.5 Å². The molecule has 0 bridgehead atoms. The first-order chi connectivity index (χ1) is 8.97. The van der Waals surface area contributed by atoms with Gasteiger partial charge in [0.25, 0.3) is 0 Å². The summed E-state index contributed by atoms with van der Waals surface area (Å²) in [6.07, 6.45) is 0. The van der Waals surface area contributed by atoms with Crippen molar-refractivity contribution in [2.45, 2.75) is 6.92 Å². The molecule has 0 aromatic heterocycles. The van der Waals surface area contributed by atoms with Gasteiger partial charge in [-0.1, -0.05) is 29.9 Å². The van der Waals surface area contributed by atoms with E-state index in [1.807, 2.05) is 13.0 Å². The zero-order valence-corrected chi connectivity index (χ0v) is 11.7. The Morgan fingerprint density at radius 3 is 2.63 bits per heavy atom. The first-order valence-corrected chi connectivity index (χ1v) is 6.29. The number of halogens is 2. The summed E-state index contributed by atoms with van der Waals surface area (Å²) in [6, 6.07) is 9.31. The Labute approximate surface area is 120 Å². The molecule has 2 aromatic rings. The van der Waals surface area contributed by atoms with Crippen molar-refractivity contribution in [3.8, 4) is 11.5 Å². The third-order valence-corrected chi connectivity index (χ3v) is 3.03. The number of hydrogen-bond acceptors (Lipinski definition) is 2. The zero-order valence-electron chi connectivity index (χ0n) is 10.1.